The van der Waals surface area contributed by atoms with Gasteiger partial charge in [0.05, 0.1) is 5.02 Å². The van der Waals surface area contributed by atoms with Gasteiger partial charge >= 0.3 is 0 Å². The molecule has 3 nitrogen and oxygen atoms in total. The summed E-state index contributed by atoms with van der Waals surface area (Å²) in [5, 5.41) is 8.80. The third-order valence-corrected chi connectivity index (χ3v) is 3.57. The minimum absolute atomic E-state index is 0.647. The summed E-state index contributed by atoms with van der Waals surface area (Å²) in [4.78, 5) is 0. The summed E-state index contributed by atoms with van der Waals surface area (Å²) in [5.74, 6) is 0.720. The fraction of sp³-hybridized carbons (Fsp3) is 0. The first-order chi connectivity index (χ1) is 9.25. The highest BCUT2D eigenvalue weighted by molar-refractivity contribution is 9.10. The Morgan fingerprint density at radius 3 is 2.63 bits per heavy atom. The SMILES string of the molecule is Clc1ccc(Br)cc1-c1nncn1-c1ccccc1. The fourth-order valence-corrected chi connectivity index (χ4v) is 2.43. The van der Waals surface area contributed by atoms with Crippen molar-refractivity contribution in [3.05, 3.63) is 64.4 Å². The zero-order chi connectivity index (χ0) is 13.2. The summed E-state index contributed by atoms with van der Waals surface area (Å²) in [6.07, 6.45) is 1.68. The van der Waals surface area contributed by atoms with Crippen LogP contribution in [0.3, 0.4) is 0 Å². The van der Waals surface area contributed by atoms with Crippen LogP contribution in [0, 0.1) is 0 Å². The normalized spacial score (nSPS) is 10.6. The first-order valence-corrected chi connectivity index (χ1v) is 6.83. The highest BCUT2D eigenvalue weighted by atomic mass is 79.9. The summed E-state index contributed by atoms with van der Waals surface area (Å²) < 4.78 is 2.86. The third kappa shape index (κ3) is 2.41. The second-order valence-electron chi connectivity index (χ2n) is 3.98. The molecule has 1 heterocycles. The lowest BCUT2D eigenvalue weighted by atomic mass is 10.2. The molecule has 0 spiro atoms. The lowest BCUT2D eigenvalue weighted by Crippen LogP contribution is -1.96. The number of rotatable bonds is 2. The molecule has 0 bridgehead atoms. The number of hydrogen-bond donors (Lipinski definition) is 0. The van der Waals surface area contributed by atoms with Crippen LogP contribution in [0.25, 0.3) is 17.1 Å². The maximum atomic E-state index is 6.25. The highest BCUT2D eigenvalue weighted by Gasteiger charge is 2.12. The Kier molecular flexibility index (Phi) is 3.36. The Morgan fingerprint density at radius 2 is 1.84 bits per heavy atom. The van der Waals surface area contributed by atoms with E-state index in [1.54, 1.807) is 6.33 Å². The van der Waals surface area contributed by atoms with Gasteiger partial charge in [-0.3, -0.25) is 4.57 Å². The standard InChI is InChI=1S/C14H9BrClN3/c15-10-6-7-13(16)12(8-10)14-18-17-9-19(14)11-4-2-1-3-5-11/h1-9H. The lowest BCUT2D eigenvalue weighted by Gasteiger charge is -2.08. The Labute approximate surface area is 124 Å². The monoisotopic (exact) mass is 333 g/mol. The van der Waals surface area contributed by atoms with E-state index in [1.165, 1.54) is 0 Å². The zero-order valence-electron chi connectivity index (χ0n) is 9.79. The van der Waals surface area contributed by atoms with Gasteiger partial charge in [-0.15, -0.1) is 10.2 Å². The van der Waals surface area contributed by atoms with Crippen molar-refractivity contribution >= 4 is 27.5 Å². The van der Waals surface area contributed by atoms with E-state index in [9.17, 15) is 0 Å². The maximum absolute atomic E-state index is 6.25. The summed E-state index contributed by atoms with van der Waals surface area (Å²) in [6.45, 7) is 0. The second kappa shape index (κ2) is 5.15. The molecule has 5 heteroatoms. The van der Waals surface area contributed by atoms with Crippen LogP contribution in [-0.2, 0) is 0 Å². The van der Waals surface area contributed by atoms with Gasteiger partial charge in [0.25, 0.3) is 0 Å². The minimum atomic E-state index is 0.647. The third-order valence-electron chi connectivity index (χ3n) is 2.75. The Morgan fingerprint density at radius 1 is 1.05 bits per heavy atom. The van der Waals surface area contributed by atoms with E-state index in [-0.39, 0.29) is 0 Å². The van der Waals surface area contributed by atoms with Gasteiger partial charge in [-0.05, 0) is 30.3 Å². The van der Waals surface area contributed by atoms with Crippen LogP contribution < -0.4 is 0 Å². The van der Waals surface area contributed by atoms with Crippen molar-refractivity contribution in [1.82, 2.24) is 14.8 Å². The number of hydrogen-bond acceptors (Lipinski definition) is 2. The molecule has 0 aliphatic rings. The predicted molar refractivity (Wildman–Crippen MR) is 79.5 cm³/mol. The summed E-state index contributed by atoms with van der Waals surface area (Å²) >= 11 is 9.69. The van der Waals surface area contributed by atoms with Crippen molar-refractivity contribution < 1.29 is 0 Å². The molecule has 3 rings (SSSR count). The largest absolute Gasteiger partial charge is 0.282 e. The molecule has 3 aromatic rings. The maximum Gasteiger partial charge on any atom is 0.169 e. The molecule has 19 heavy (non-hydrogen) atoms. The van der Waals surface area contributed by atoms with Crippen molar-refractivity contribution in [2.75, 3.05) is 0 Å². The number of benzene rings is 2. The molecule has 0 saturated heterocycles. The summed E-state index contributed by atoms with van der Waals surface area (Å²) in [6, 6.07) is 15.6. The Hall–Kier alpha value is -1.65. The molecular formula is C14H9BrClN3. The Balaban J connectivity index is 2.18. The fourth-order valence-electron chi connectivity index (χ4n) is 1.87. The van der Waals surface area contributed by atoms with Crippen molar-refractivity contribution in [3.63, 3.8) is 0 Å². The van der Waals surface area contributed by atoms with E-state index in [2.05, 4.69) is 26.1 Å². The average molecular weight is 335 g/mol. The molecule has 0 atom stereocenters. The molecule has 0 aliphatic carbocycles. The van der Waals surface area contributed by atoms with Crippen LogP contribution in [-0.4, -0.2) is 14.8 Å². The van der Waals surface area contributed by atoms with Crippen LogP contribution in [0.5, 0.6) is 0 Å². The molecule has 1 aromatic heterocycles. The van der Waals surface area contributed by atoms with Gasteiger partial charge in [0.1, 0.15) is 6.33 Å². The predicted octanol–water partition coefficient (Wildman–Crippen LogP) is 4.35. The first kappa shape index (κ1) is 12.4. The smallest absolute Gasteiger partial charge is 0.169 e. The molecule has 2 aromatic carbocycles. The molecule has 0 radical (unpaired) electrons. The summed E-state index contributed by atoms with van der Waals surface area (Å²) in [5.41, 5.74) is 1.84. The first-order valence-electron chi connectivity index (χ1n) is 5.66. The number of halogens is 2. The van der Waals surface area contributed by atoms with E-state index in [4.69, 9.17) is 11.6 Å². The quantitative estimate of drug-likeness (QED) is 0.697. The molecule has 0 unspecified atom stereocenters. The summed E-state index contributed by atoms with van der Waals surface area (Å²) in [7, 11) is 0. The van der Waals surface area contributed by atoms with E-state index >= 15 is 0 Å². The molecule has 0 saturated carbocycles. The molecule has 0 amide bonds. The van der Waals surface area contributed by atoms with Gasteiger partial charge in [-0.25, -0.2) is 0 Å². The lowest BCUT2D eigenvalue weighted by molar-refractivity contribution is 1.06. The van der Waals surface area contributed by atoms with Crippen LogP contribution in [0.2, 0.25) is 5.02 Å². The molecule has 0 fully saturated rings. The van der Waals surface area contributed by atoms with Crippen molar-refractivity contribution in [2.24, 2.45) is 0 Å². The molecule has 0 aliphatic heterocycles. The molecular weight excluding hydrogens is 326 g/mol. The zero-order valence-corrected chi connectivity index (χ0v) is 12.1. The highest BCUT2D eigenvalue weighted by Crippen LogP contribution is 2.30. The number of para-hydroxylation sites is 1. The van der Waals surface area contributed by atoms with Crippen molar-refractivity contribution in [3.8, 4) is 17.1 Å². The molecule has 94 valence electrons. The topological polar surface area (TPSA) is 30.7 Å². The second-order valence-corrected chi connectivity index (χ2v) is 5.31. The van der Waals surface area contributed by atoms with Crippen LogP contribution >= 0.6 is 27.5 Å². The van der Waals surface area contributed by atoms with Crippen molar-refractivity contribution in [2.45, 2.75) is 0 Å². The van der Waals surface area contributed by atoms with E-state index in [0.29, 0.717) is 5.02 Å². The van der Waals surface area contributed by atoms with Gasteiger partial charge in [0.15, 0.2) is 5.82 Å². The number of nitrogens with zero attached hydrogens (tertiary/aromatic N) is 3. The van der Waals surface area contributed by atoms with Gasteiger partial charge in [-0.2, -0.15) is 0 Å². The Bertz CT molecular complexity index is 710. The molecule has 0 N–H and O–H groups in total. The van der Waals surface area contributed by atoms with Gasteiger partial charge in [0.2, 0.25) is 0 Å². The van der Waals surface area contributed by atoms with Crippen LogP contribution in [0.15, 0.2) is 59.3 Å². The van der Waals surface area contributed by atoms with Gasteiger partial charge < -0.3 is 0 Å². The van der Waals surface area contributed by atoms with Crippen LogP contribution in [0.1, 0.15) is 0 Å². The van der Waals surface area contributed by atoms with Gasteiger partial charge in [-0.1, -0.05) is 45.7 Å². The minimum Gasteiger partial charge on any atom is -0.282 e. The number of aromatic nitrogens is 3. The van der Waals surface area contributed by atoms with Crippen LogP contribution in [0.4, 0.5) is 0 Å². The van der Waals surface area contributed by atoms with E-state index in [1.807, 2.05) is 53.1 Å². The van der Waals surface area contributed by atoms with E-state index < -0.39 is 0 Å². The van der Waals surface area contributed by atoms with Crippen molar-refractivity contribution in [1.29, 1.82) is 0 Å². The van der Waals surface area contributed by atoms with E-state index in [0.717, 1.165) is 21.5 Å². The van der Waals surface area contributed by atoms with Gasteiger partial charge in [0, 0.05) is 15.7 Å². The average Bonchev–Trinajstić information content (AvgIpc) is 2.91.